The van der Waals surface area contributed by atoms with Gasteiger partial charge in [-0.15, -0.1) is 0 Å². The largest absolute Gasteiger partial charge is 0.497 e. The van der Waals surface area contributed by atoms with Crippen molar-refractivity contribution in [3.05, 3.63) is 24.3 Å². The average Bonchev–Trinajstić information content (AvgIpc) is 2.67. The molecule has 0 spiro atoms. The summed E-state index contributed by atoms with van der Waals surface area (Å²) in [4.78, 5) is 25.3. The fourth-order valence-electron chi connectivity index (χ4n) is 1.91. The van der Waals surface area contributed by atoms with Crippen LogP contribution in [0.2, 0.25) is 0 Å². The normalized spacial score (nSPS) is 18.8. The number of methoxy groups -OCH3 is 1. The number of ether oxygens (including phenoxy) is 1. The number of benzene rings is 1. The van der Waals surface area contributed by atoms with Gasteiger partial charge in [-0.1, -0.05) is 13.8 Å². The summed E-state index contributed by atoms with van der Waals surface area (Å²) in [6.45, 7) is 4.43. The summed E-state index contributed by atoms with van der Waals surface area (Å²) < 4.78 is 5.08. The van der Waals surface area contributed by atoms with Crippen LogP contribution in [0.15, 0.2) is 24.3 Å². The maximum Gasteiger partial charge on any atom is 0.290 e. The Labute approximate surface area is 122 Å². The van der Waals surface area contributed by atoms with Crippen molar-refractivity contribution >= 4 is 28.6 Å². The molecule has 0 radical (unpaired) electrons. The summed E-state index contributed by atoms with van der Waals surface area (Å²) in [6, 6.07) is 7.25. The lowest BCUT2D eigenvalue weighted by atomic mass is 10.2. The number of carbonyl (C=O) groups excluding carboxylic acids is 2. The van der Waals surface area contributed by atoms with E-state index in [1.165, 1.54) is 4.90 Å². The highest BCUT2D eigenvalue weighted by Gasteiger charge is 2.39. The minimum absolute atomic E-state index is 0.176. The van der Waals surface area contributed by atoms with Crippen LogP contribution in [0, 0.1) is 5.92 Å². The van der Waals surface area contributed by atoms with Gasteiger partial charge in [0, 0.05) is 12.2 Å². The predicted octanol–water partition coefficient (Wildman–Crippen LogP) is 2.78. The molecule has 1 aromatic rings. The third-order valence-corrected chi connectivity index (χ3v) is 3.84. The van der Waals surface area contributed by atoms with E-state index in [0.29, 0.717) is 6.54 Å². The molecule has 1 aliphatic heterocycles. The van der Waals surface area contributed by atoms with Crippen molar-refractivity contribution in [1.82, 2.24) is 4.90 Å². The van der Waals surface area contributed by atoms with Crippen molar-refractivity contribution < 1.29 is 14.3 Å². The molecule has 2 rings (SSSR count). The summed E-state index contributed by atoms with van der Waals surface area (Å²) in [6.07, 6.45) is 0. The van der Waals surface area contributed by atoms with E-state index in [4.69, 9.17) is 4.74 Å². The van der Waals surface area contributed by atoms with Crippen LogP contribution in [0.25, 0.3) is 0 Å². The maximum absolute atomic E-state index is 12.2. The lowest BCUT2D eigenvalue weighted by molar-refractivity contribution is -0.126. The quantitative estimate of drug-likeness (QED) is 0.905. The molecule has 0 aromatic heterocycles. The molecule has 0 aliphatic carbocycles. The number of hydrogen-bond donors (Lipinski definition) is 1. The minimum atomic E-state index is -0.547. The second-order valence-corrected chi connectivity index (χ2v) is 6.04. The number of amides is 2. The van der Waals surface area contributed by atoms with Gasteiger partial charge in [-0.25, -0.2) is 0 Å². The second-order valence-electron chi connectivity index (χ2n) is 4.98. The highest BCUT2D eigenvalue weighted by atomic mass is 32.2. The summed E-state index contributed by atoms with van der Waals surface area (Å²) in [5, 5.41) is 2.34. The average molecular weight is 294 g/mol. The van der Waals surface area contributed by atoms with E-state index in [2.05, 4.69) is 5.32 Å². The van der Waals surface area contributed by atoms with Gasteiger partial charge in [0.05, 0.1) is 7.11 Å². The second kappa shape index (κ2) is 6.17. The Morgan fingerprint density at radius 1 is 1.30 bits per heavy atom. The van der Waals surface area contributed by atoms with Gasteiger partial charge in [0.1, 0.15) is 5.75 Å². The van der Waals surface area contributed by atoms with E-state index >= 15 is 0 Å². The molecule has 1 saturated heterocycles. The van der Waals surface area contributed by atoms with Crippen molar-refractivity contribution in [1.29, 1.82) is 0 Å². The van der Waals surface area contributed by atoms with Crippen LogP contribution in [0.5, 0.6) is 5.75 Å². The Bertz CT molecular complexity index is 502. The van der Waals surface area contributed by atoms with Crippen molar-refractivity contribution in [3.8, 4) is 5.75 Å². The van der Waals surface area contributed by atoms with Gasteiger partial charge in [0.15, 0.2) is 5.37 Å². The van der Waals surface area contributed by atoms with Gasteiger partial charge in [0.25, 0.3) is 11.1 Å². The molecule has 5 nitrogen and oxygen atoms in total. The van der Waals surface area contributed by atoms with E-state index < -0.39 is 5.37 Å². The van der Waals surface area contributed by atoms with E-state index in [1.807, 2.05) is 26.0 Å². The number of anilines is 1. The molecule has 2 amide bonds. The fraction of sp³-hybridized carbons (Fsp3) is 0.429. The van der Waals surface area contributed by atoms with Crippen LogP contribution >= 0.6 is 11.8 Å². The Kier molecular flexibility index (Phi) is 4.54. The number of nitrogens with zero attached hydrogens (tertiary/aromatic N) is 1. The summed E-state index contributed by atoms with van der Waals surface area (Å²) >= 11 is 1.02. The van der Waals surface area contributed by atoms with Gasteiger partial charge in [-0.2, -0.15) is 0 Å². The van der Waals surface area contributed by atoms with Crippen LogP contribution in [0.3, 0.4) is 0 Å². The zero-order valence-electron chi connectivity index (χ0n) is 11.8. The van der Waals surface area contributed by atoms with E-state index in [1.54, 1.807) is 19.2 Å². The number of nitrogens with one attached hydrogen (secondary N) is 1. The van der Waals surface area contributed by atoms with Crippen LogP contribution in [0.4, 0.5) is 10.5 Å². The van der Waals surface area contributed by atoms with Crippen molar-refractivity contribution in [3.63, 3.8) is 0 Å². The summed E-state index contributed by atoms with van der Waals surface area (Å²) in [5.41, 5.74) is 0.788. The first-order valence-electron chi connectivity index (χ1n) is 6.44. The number of carbonyl (C=O) groups is 2. The smallest absolute Gasteiger partial charge is 0.290 e. The minimum Gasteiger partial charge on any atom is -0.497 e. The molecule has 0 saturated carbocycles. The third-order valence-electron chi connectivity index (χ3n) is 2.86. The molecule has 1 unspecified atom stereocenters. The van der Waals surface area contributed by atoms with Crippen molar-refractivity contribution in [2.75, 3.05) is 19.0 Å². The van der Waals surface area contributed by atoms with Gasteiger partial charge >= 0.3 is 0 Å². The molecule has 20 heavy (non-hydrogen) atoms. The van der Waals surface area contributed by atoms with E-state index in [0.717, 1.165) is 23.2 Å². The van der Waals surface area contributed by atoms with Gasteiger partial charge in [0.2, 0.25) is 0 Å². The topological polar surface area (TPSA) is 58.6 Å². The van der Waals surface area contributed by atoms with Crippen LogP contribution in [-0.4, -0.2) is 35.1 Å². The first-order chi connectivity index (χ1) is 9.51. The molecule has 1 heterocycles. The summed E-state index contributed by atoms with van der Waals surface area (Å²) in [5.74, 6) is 0.839. The SMILES string of the molecule is COc1ccc(NC2SC(=O)N(CC(C)C)C2=O)cc1. The Balaban J connectivity index is 2.03. The maximum atomic E-state index is 12.2. The lowest BCUT2D eigenvalue weighted by Gasteiger charge is -2.16. The highest BCUT2D eigenvalue weighted by Crippen LogP contribution is 2.29. The van der Waals surface area contributed by atoms with Crippen molar-refractivity contribution in [2.45, 2.75) is 19.2 Å². The van der Waals surface area contributed by atoms with Gasteiger partial charge < -0.3 is 10.1 Å². The molecular formula is C14H18N2O3S. The van der Waals surface area contributed by atoms with Gasteiger partial charge in [-0.05, 0) is 41.9 Å². The highest BCUT2D eigenvalue weighted by molar-refractivity contribution is 8.15. The monoisotopic (exact) mass is 294 g/mol. The zero-order chi connectivity index (χ0) is 14.7. The first kappa shape index (κ1) is 14.7. The van der Waals surface area contributed by atoms with E-state index in [-0.39, 0.29) is 17.1 Å². The Morgan fingerprint density at radius 2 is 1.95 bits per heavy atom. The molecule has 6 heteroatoms. The fourth-order valence-corrected chi connectivity index (χ4v) is 2.82. The third kappa shape index (κ3) is 3.25. The molecule has 1 aromatic carbocycles. The number of thioether (sulfide) groups is 1. The molecule has 1 atom stereocenters. The predicted molar refractivity (Wildman–Crippen MR) is 79.9 cm³/mol. The summed E-state index contributed by atoms with van der Waals surface area (Å²) in [7, 11) is 1.60. The Morgan fingerprint density at radius 3 is 2.50 bits per heavy atom. The molecule has 108 valence electrons. The molecule has 1 aliphatic rings. The number of imide groups is 1. The van der Waals surface area contributed by atoms with Crippen LogP contribution in [0.1, 0.15) is 13.8 Å². The zero-order valence-corrected chi connectivity index (χ0v) is 12.6. The Hall–Kier alpha value is -1.69. The molecule has 1 fully saturated rings. The number of hydrogen-bond acceptors (Lipinski definition) is 5. The standard InChI is InChI=1S/C14H18N2O3S/c1-9(2)8-16-13(17)12(20-14(16)18)15-10-4-6-11(19-3)7-5-10/h4-7,9,12,15H,8H2,1-3H3. The van der Waals surface area contributed by atoms with Crippen LogP contribution < -0.4 is 10.1 Å². The van der Waals surface area contributed by atoms with Crippen LogP contribution in [-0.2, 0) is 4.79 Å². The van der Waals surface area contributed by atoms with E-state index in [9.17, 15) is 9.59 Å². The molecule has 1 N–H and O–H groups in total. The first-order valence-corrected chi connectivity index (χ1v) is 7.32. The van der Waals surface area contributed by atoms with Crippen molar-refractivity contribution in [2.24, 2.45) is 5.92 Å². The molecule has 0 bridgehead atoms. The van der Waals surface area contributed by atoms with Gasteiger partial charge in [-0.3, -0.25) is 14.5 Å². The molecular weight excluding hydrogens is 276 g/mol. The number of rotatable bonds is 5. The lowest BCUT2D eigenvalue weighted by Crippen LogP contribution is -2.36.